The molecule has 7 fully saturated rings. The molecule has 0 aromatic heterocycles. The summed E-state index contributed by atoms with van der Waals surface area (Å²) >= 11 is 0. The first-order chi connectivity index (χ1) is 27.0. The van der Waals surface area contributed by atoms with Gasteiger partial charge in [-0.3, -0.25) is 19.1 Å². The molecule has 5 atom stereocenters. The van der Waals surface area contributed by atoms with Crippen LogP contribution >= 0.6 is 0 Å². The molecule has 57 heavy (non-hydrogen) atoms. The Labute approximate surface area is 335 Å². The number of nitrogens with one attached hydrogen (secondary N) is 3. The zero-order chi connectivity index (χ0) is 40.5. The quantitative estimate of drug-likeness (QED) is 0.235. The van der Waals surface area contributed by atoms with Gasteiger partial charge in [-0.2, -0.15) is 0 Å². The van der Waals surface area contributed by atoms with Crippen molar-refractivity contribution in [1.29, 1.82) is 0 Å². The number of nitrogens with zero attached hydrogens (tertiary/aromatic N) is 1. The third-order valence-corrected chi connectivity index (χ3v) is 15.6. The molecule has 306 valence electrons. The van der Waals surface area contributed by atoms with Crippen molar-refractivity contribution in [3.63, 3.8) is 0 Å². The summed E-state index contributed by atoms with van der Waals surface area (Å²) in [5, 5.41) is 5.19. The number of hydrogen-bond donors (Lipinski definition) is 3. The van der Waals surface area contributed by atoms with Gasteiger partial charge in [0.2, 0.25) is 21.8 Å². The Morgan fingerprint density at radius 2 is 1.47 bits per heavy atom. The zero-order valence-corrected chi connectivity index (χ0v) is 34.2. The summed E-state index contributed by atoms with van der Waals surface area (Å²) < 4.78 is 40.4. The minimum atomic E-state index is -3.90. The van der Waals surface area contributed by atoms with Gasteiger partial charge in [0.15, 0.2) is 0 Å². The number of benzene rings is 2. The fourth-order valence-corrected chi connectivity index (χ4v) is 12.1. The molecule has 3 N–H and O–H groups in total. The molecule has 7 aliphatic rings. The van der Waals surface area contributed by atoms with E-state index >= 15 is 4.79 Å². The molecule has 13 heteroatoms. The Bertz CT molecular complexity index is 2010. The van der Waals surface area contributed by atoms with E-state index in [4.69, 9.17) is 9.47 Å². The third kappa shape index (κ3) is 7.50. The van der Waals surface area contributed by atoms with Crippen molar-refractivity contribution >= 4 is 33.8 Å². The normalized spacial score (nSPS) is 33.3. The van der Waals surface area contributed by atoms with E-state index in [0.29, 0.717) is 30.6 Å². The van der Waals surface area contributed by atoms with Crippen molar-refractivity contribution in [1.82, 2.24) is 20.3 Å². The highest BCUT2D eigenvalue weighted by atomic mass is 32.2. The van der Waals surface area contributed by atoms with Crippen molar-refractivity contribution < 1.29 is 37.1 Å². The van der Waals surface area contributed by atoms with E-state index in [2.05, 4.69) is 21.9 Å². The van der Waals surface area contributed by atoms with E-state index in [1.165, 1.54) is 30.2 Å². The summed E-state index contributed by atoms with van der Waals surface area (Å²) in [6.07, 6.45) is 8.13. The van der Waals surface area contributed by atoms with Crippen molar-refractivity contribution in [2.45, 2.75) is 119 Å². The third-order valence-electron chi connectivity index (χ3n) is 13.7. The average molecular weight is 801 g/mol. The largest absolute Gasteiger partial charge is 0.443 e. The molecule has 9 rings (SSSR count). The molecule has 6 aliphatic carbocycles. The number of methoxy groups -OCH3 is 1. The molecule has 0 radical (unpaired) electrons. The lowest BCUT2D eigenvalue weighted by Gasteiger charge is -2.55. The average Bonchev–Trinajstić information content (AvgIpc) is 4.09. The molecule has 12 nitrogen and oxygen atoms in total. The molecule has 1 aliphatic heterocycles. The molecule has 4 bridgehead atoms. The summed E-state index contributed by atoms with van der Waals surface area (Å²) in [7, 11) is -2.36. The van der Waals surface area contributed by atoms with Crippen LogP contribution in [-0.2, 0) is 39.5 Å². The van der Waals surface area contributed by atoms with Crippen molar-refractivity contribution in [2.24, 2.45) is 29.1 Å². The summed E-state index contributed by atoms with van der Waals surface area (Å²) in [4.78, 5) is 58.7. The molecule has 2 unspecified atom stereocenters. The number of amides is 4. The van der Waals surface area contributed by atoms with Gasteiger partial charge in [-0.05, 0) is 97.6 Å². The summed E-state index contributed by atoms with van der Waals surface area (Å²) in [5.74, 6) is -0.775. The Morgan fingerprint density at radius 1 is 0.877 bits per heavy atom. The summed E-state index contributed by atoms with van der Waals surface area (Å²) in [6.45, 7) is 9.37. The van der Waals surface area contributed by atoms with Crippen LogP contribution in [0.25, 0.3) is 11.1 Å². The van der Waals surface area contributed by atoms with Gasteiger partial charge in [0.25, 0.3) is 5.91 Å². The second kappa shape index (κ2) is 14.2. The van der Waals surface area contributed by atoms with Crippen molar-refractivity contribution in [2.75, 3.05) is 13.7 Å². The second-order valence-corrected chi connectivity index (χ2v) is 20.9. The number of likely N-dealkylation sites (tertiary alicyclic amines) is 1. The van der Waals surface area contributed by atoms with Gasteiger partial charge in [0, 0.05) is 19.4 Å². The van der Waals surface area contributed by atoms with Gasteiger partial charge in [0.1, 0.15) is 28.8 Å². The molecular formula is C44H56N4O8S. The van der Waals surface area contributed by atoms with E-state index in [1.807, 2.05) is 75.4 Å². The van der Waals surface area contributed by atoms with Crippen LogP contribution < -0.4 is 15.4 Å². The predicted octanol–water partition coefficient (Wildman–Crippen LogP) is 5.58. The Hall–Kier alpha value is -4.23. The van der Waals surface area contributed by atoms with E-state index in [1.54, 1.807) is 7.11 Å². The molecule has 6 saturated carbocycles. The molecular weight excluding hydrogens is 745 g/mol. The highest BCUT2D eigenvalue weighted by Crippen LogP contribution is 2.57. The number of ether oxygens (including phenoxy) is 2. The molecule has 0 spiro atoms. The van der Waals surface area contributed by atoms with Crippen molar-refractivity contribution in [3.05, 3.63) is 72.8 Å². The Kier molecular flexibility index (Phi) is 9.90. The van der Waals surface area contributed by atoms with Crippen LogP contribution in [0.4, 0.5) is 4.79 Å². The summed E-state index contributed by atoms with van der Waals surface area (Å²) in [5.41, 5.74) is -1.24. The maximum absolute atomic E-state index is 15.0. The second-order valence-electron chi connectivity index (χ2n) is 18.9. The molecule has 1 saturated heterocycles. The van der Waals surface area contributed by atoms with Gasteiger partial charge in [-0.1, -0.05) is 81.4 Å². The number of hydrogen-bond acceptors (Lipinski definition) is 8. The van der Waals surface area contributed by atoms with Crippen LogP contribution in [-0.4, -0.2) is 79.3 Å². The first-order valence-corrected chi connectivity index (χ1v) is 22.1. The first kappa shape index (κ1) is 39.6. The fourth-order valence-electron chi connectivity index (χ4n) is 10.7. The lowest BCUT2D eigenvalue weighted by Crippen LogP contribution is -2.61. The monoisotopic (exact) mass is 800 g/mol. The minimum Gasteiger partial charge on any atom is -0.443 e. The van der Waals surface area contributed by atoms with Gasteiger partial charge in [0.05, 0.1) is 11.8 Å². The minimum absolute atomic E-state index is 0.0243. The van der Waals surface area contributed by atoms with Crippen LogP contribution in [0.3, 0.4) is 0 Å². The van der Waals surface area contributed by atoms with E-state index in [9.17, 15) is 22.8 Å². The summed E-state index contributed by atoms with van der Waals surface area (Å²) in [6, 6.07) is 15.5. The standard InChI is InChI=1S/C44H56N4O8S/c1-6-32-24-44(32,39(51)47-57(53,54)34-16-17-34)46-37(49)35-25-43(55-5,33-14-12-31(13-15-33)30-10-8-7-9-11-30)26-48(35)38(50)36(41(2,3)4)45-40(52)56-42-21-27-18-28(22-42)20-29(19-27)23-42/h6-15,27-29,32,34-36H,1,16-26H2,2-5H3,(H,45,52)(H,46,49)(H,47,51)/t27?,28?,29?,32?,35-,36+,42?,43-,44?/m0/s1. The van der Waals surface area contributed by atoms with Gasteiger partial charge < -0.3 is 25.0 Å². The molecule has 4 amide bonds. The predicted molar refractivity (Wildman–Crippen MR) is 214 cm³/mol. The SMILES string of the molecule is C=CC1CC1(NC(=O)[C@@H]1C[C@@](OC)(c2ccc(-c3ccccc3)cc2)CN1C(=O)[C@@H](NC(=O)OC12CC3CC(CC(C3)C1)C2)C(C)(C)C)C(=O)NS(=O)(=O)C1CC1. The van der Waals surface area contributed by atoms with Crippen molar-refractivity contribution in [3.8, 4) is 11.1 Å². The van der Waals surface area contributed by atoms with Gasteiger partial charge in [-0.25, -0.2) is 13.2 Å². The topological polar surface area (TPSA) is 160 Å². The van der Waals surface area contributed by atoms with Crippen LogP contribution in [0.2, 0.25) is 0 Å². The number of carbonyl (C=O) groups is 4. The Balaban J connectivity index is 1.08. The fraction of sp³-hybridized carbons (Fsp3) is 0.591. The van der Waals surface area contributed by atoms with E-state index in [0.717, 1.165) is 36.0 Å². The van der Waals surface area contributed by atoms with Crippen LogP contribution in [0, 0.1) is 29.1 Å². The van der Waals surface area contributed by atoms with E-state index in [-0.39, 0.29) is 19.4 Å². The van der Waals surface area contributed by atoms with Crippen LogP contribution in [0.15, 0.2) is 67.3 Å². The molecule has 2 aromatic rings. The van der Waals surface area contributed by atoms with Crippen LogP contribution in [0.5, 0.6) is 0 Å². The number of rotatable bonds is 12. The van der Waals surface area contributed by atoms with Gasteiger partial charge in [-0.15, -0.1) is 6.58 Å². The lowest BCUT2D eigenvalue weighted by atomic mass is 9.54. The lowest BCUT2D eigenvalue weighted by molar-refractivity contribution is -0.144. The van der Waals surface area contributed by atoms with E-state index < -0.39 is 79.2 Å². The number of carbonyl (C=O) groups excluding carboxylic acids is 4. The maximum atomic E-state index is 15.0. The smallest absolute Gasteiger partial charge is 0.408 e. The zero-order valence-electron chi connectivity index (χ0n) is 33.4. The Morgan fingerprint density at radius 3 is 2.00 bits per heavy atom. The highest BCUT2D eigenvalue weighted by Gasteiger charge is 2.63. The highest BCUT2D eigenvalue weighted by molar-refractivity contribution is 7.91. The van der Waals surface area contributed by atoms with Crippen LogP contribution in [0.1, 0.15) is 90.5 Å². The first-order valence-electron chi connectivity index (χ1n) is 20.5. The molecule has 2 aromatic carbocycles. The molecule has 1 heterocycles. The number of sulfonamides is 1. The van der Waals surface area contributed by atoms with Gasteiger partial charge >= 0.3 is 6.09 Å². The maximum Gasteiger partial charge on any atom is 0.408 e. The number of alkyl carbamates (subject to hydrolysis) is 1.